The first-order chi connectivity index (χ1) is 16.1. The lowest BCUT2D eigenvalue weighted by atomic mass is 10.1. The summed E-state index contributed by atoms with van der Waals surface area (Å²) in [6, 6.07) is -4.46. The lowest BCUT2D eigenvalue weighted by Gasteiger charge is -2.24. The third-order valence-corrected chi connectivity index (χ3v) is 5.69. The van der Waals surface area contributed by atoms with Crippen LogP contribution in [0.3, 0.4) is 0 Å². The van der Waals surface area contributed by atoms with Gasteiger partial charge in [-0.2, -0.15) is 24.4 Å². The summed E-state index contributed by atoms with van der Waals surface area (Å²) in [6.07, 6.45) is 4.74. The number of amides is 4. The van der Waals surface area contributed by atoms with Crippen LogP contribution in [0, 0.1) is 0 Å². The molecule has 15 heteroatoms. The molecule has 0 fully saturated rings. The van der Waals surface area contributed by atoms with Gasteiger partial charge in [-0.25, -0.2) is 9.78 Å². The highest BCUT2D eigenvalue weighted by Gasteiger charge is 2.30. The maximum Gasteiger partial charge on any atom is 0.326 e. The van der Waals surface area contributed by atoms with E-state index in [1.54, 1.807) is 0 Å². The first-order valence-corrected chi connectivity index (χ1v) is 12.4. The number of aliphatic carboxylic acids is 1. The predicted molar refractivity (Wildman–Crippen MR) is 129 cm³/mol. The molecule has 0 aromatic carbocycles. The lowest BCUT2D eigenvalue weighted by Crippen LogP contribution is -2.58. The van der Waals surface area contributed by atoms with Crippen molar-refractivity contribution in [3.8, 4) is 0 Å². The van der Waals surface area contributed by atoms with E-state index in [2.05, 4.69) is 38.5 Å². The molecule has 1 aromatic heterocycles. The van der Waals surface area contributed by atoms with Crippen LogP contribution in [0.25, 0.3) is 0 Å². The van der Waals surface area contributed by atoms with Gasteiger partial charge < -0.3 is 37.5 Å². The van der Waals surface area contributed by atoms with Crippen LogP contribution >= 0.6 is 24.4 Å². The zero-order valence-corrected chi connectivity index (χ0v) is 20.4. The van der Waals surface area contributed by atoms with Gasteiger partial charge in [0.2, 0.25) is 23.6 Å². The van der Waals surface area contributed by atoms with Crippen LogP contribution in [0.15, 0.2) is 12.5 Å². The summed E-state index contributed by atoms with van der Waals surface area (Å²) >= 11 is 5.53. The Morgan fingerprint density at radius 2 is 1.71 bits per heavy atom. The Morgan fingerprint density at radius 1 is 1.09 bits per heavy atom. The van der Waals surface area contributed by atoms with Crippen molar-refractivity contribution in [2.45, 2.75) is 49.9 Å². The third-order valence-electron chi connectivity index (χ3n) is 4.68. The molecule has 0 aliphatic rings. The summed E-state index contributed by atoms with van der Waals surface area (Å²) in [5.41, 5.74) is 11.6. The smallest absolute Gasteiger partial charge is 0.326 e. The summed E-state index contributed by atoms with van der Waals surface area (Å²) < 4.78 is 0. The van der Waals surface area contributed by atoms with E-state index in [4.69, 9.17) is 11.5 Å². The predicted octanol–water partition coefficient (Wildman–Crippen LogP) is -2.23. The summed E-state index contributed by atoms with van der Waals surface area (Å²) in [5.74, 6) is -3.62. The molecule has 34 heavy (non-hydrogen) atoms. The molecule has 1 aromatic rings. The maximum atomic E-state index is 12.8. The van der Waals surface area contributed by atoms with Crippen LogP contribution in [-0.4, -0.2) is 86.6 Å². The SMILES string of the molecule is CSCCC(NC(=O)C(CS)NC(=O)C(N)Cc1cnc[nH]1)C(=O)NC(CCC(N)=O)C(=O)O. The van der Waals surface area contributed by atoms with Gasteiger partial charge in [-0.15, -0.1) is 0 Å². The fourth-order valence-electron chi connectivity index (χ4n) is 2.79. The number of nitrogens with two attached hydrogens (primary N) is 2. The highest BCUT2D eigenvalue weighted by atomic mass is 32.2. The number of H-pyrrole nitrogens is 1. The minimum Gasteiger partial charge on any atom is -0.480 e. The van der Waals surface area contributed by atoms with Gasteiger partial charge in [-0.05, 0) is 24.9 Å². The molecule has 0 aliphatic carbocycles. The fraction of sp³-hybridized carbons (Fsp3) is 0.579. The van der Waals surface area contributed by atoms with Gasteiger partial charge in [0, 0.05) is 30.5 Å². The number of nitrogens with zero attached hydrogens (tertiary/aromatic N) is 1. The second-order valence-electron chi connectivity index (χ2n) is 7.38. The zero-order valence-electron chi connectivity index (χ0n) is 18.7. The van der Waals surface area contributed by atoms with Crippen molar-refractivity contribution in [2.75, 3.05) is 17.8 Å². The lowest BCUT2D eigenvalue weighted by molar-refractivity contribution is -0.142. The number of hydrogen-bond donors (Lipinski definition) is 8. The van der Waals surface area contributed by atoms with Crippen molar-refractivity contribution in [2.24, 2.45) is 11.5 Å². The molecule has 0 saturated heterocycles. The number of carbonyl (C=O) groups excluding carboxylic acids is 4. The second-order valence-corrected chi connectivity index (χ2v) is 8.73. The number of imidazole rings is 1. The number of carbonyl (C=O) groups is 5. The van der Waals surface area contributed by atoms with Gasteiger partial charge in [0.05, 0.1) is 12.4 Å². The quantitative estimate of drug-likeness (QED) is 0.111. The number of thiol groups is 1. The number of carboxylic acid groups (broad SMARTS) is 1. The number of primary amides is 1. The molecule has 0 bridgehead atoms. The van der Waals surface area contributed by atoms with Gasteiger partial charge in [0.25, 0.3) is 0 Å². The van der Waals surface area contributed by atoms with Crippen LogP contribution in [-0.2, 0) is 30.4 Å². The fourth-order valence-corrected chi connectivity index (χ4v) is 3.52. The van der Waals surface area contributed by atoms with Crippen LogP contribution in [0.5, 0.6) is 0 Å². The zero-order chi connectivity index (χ0) is 25.7. The van der Waals surface area contributed by atoms with Gasteiger partial charge in [-0.3, -0.25) is 19.2 Å². The summed E-state index contributed by atoms with van der Waals surface area (Å²) in [7, 11) is 0. The standard InChI is InChI=1S/C19H31N7O6S2/c1-34-5-4-12(17(29)25-13(19(31)32)2-3-15(21)27)24-18(30)14(8-33)26-16(28)11(20)6-10-7-22-9-23-10/h7,9,11-14,33H,2-6,8,20H2,1H3,(H2,21,27)(H,22,23)(H,24,30)(H,25,29)(H,26,28)(H,31,32). The van der Waals surface area contributed by atoms with Crippen LogP contribution in [0.2, 0.25) is 0 Å². The molecule has 9 N–H and O–H groups in total. The average Bonchev–Trinajstić information content (AvgIpc) is 3.29. The Bertz CT molecular complexity index is 839. The van der Waals surface area contributed by atoms with Crippen molar-refractivity contribution in [1.29, 1.82) is 0 Å². The molecule has 0 saturated carbocycles. The Balaban J connectivity index is 2.79. The van der Waals surface area contributed by atoms with Gasteiger partial charge in [0.15, 0.2) is 0 Å². The number of carboxylic acids is 1. The van der Waals surface area contributed by atoms with E-state index >= 15 is 0 Å². The van der Waals surface area contributed by atoms with Crippen LogP contribution < -0.4 is 27.4 Å². The molecule has 0 aliphatic heterocycles. The Hall–Kier alpha value is -2.78. The summed E-state index contributed by atoms with van der Waals surface area (Å²) in [4.78, 5) is 67.0. The van der Waals surface area contributed by atoms with Gasteiger partial charge in [0.1, 0.15) is 18.1 Å². The number of rotatable bonds is 16. The maximum absolute atomic E-state index is 12.8. The number of hydrogen-bond acceptors (Lipinski definition) is 9. The molecule has 4 amide bonds. The number of thioether (sulfide) groups is 1. The van der Waals surface area contributed by atoms with Crippen molar-refractivity contribution in [3.63, 3.8) is 0 Å². The topological polar surface area (TPSA) is 222 Å². The summed E-state index contributed by atoms with van der Waals surface area (Å²) in [6.45, 7) is 0. The molecule has 4 unspecified atom stereocenters. The van der Waals surface area contributed by atoms with Gasteiger partial charge in [-0.1, -0.05) is 0 Å². The van der Waals surface area contributed by atoms with E-state index in [9.17, 15) is 29.1 Å². The van der Waals surface area contributed by atoms with E-state index < -0.39 is 53.8 Å². The number of nitrogens with one attached hydrogen (secondary N) is 4. The minimum absolute atomic E-state index is 0.0679. The molecule has 13 nitrogen and oxygen atoms in total. The molecule has 1 rings (SSSR count). The van der Waals surface area contributed by atoms with Crippen molar-refractivity contribution in [1.82, 2.24) is 25.9 Å². The molecular formula is C19H31N7O6S2. The Morgan fingerprint density at radius 3 is 2.24 bits per heavy atom. The highest BCUT2D eigenvalue weighted by Crippen LogP contribution is 2.05. The molecule has 190 valence electrons. The average molecular weight is 518 g/mol. The summed E-state index contributed by atoms with van der Waals surface area (Å²) in [5, 5.41) is 16.7. The normalized spacial score (nSPS) is 14.3. The minimum atomic E-state index is -1.35. The van der Waals surface area contributed by atoms with E-state index in [-0.39, 0.29) is 31.4 Å². The van der Waals surface area contributed by atoms with Crippen molar-refractivity contribution >= 4 is 54.0 Å². The Kier molecular flexibility index (Phi) is 13.1. The van der Waals surface area contributed by atoms with Crippen molar-refractivity contribution < 1.29 is 29.1 Å². The monoisotopic (exact) mass is 517 g/mol. The van der Waals surface area contributed by atoms with Gasteiger partial charge >= 0.3 is 5.97 Å². The van der Waals surface area contributed by atoms with E-state index in [0.717, 1.165) is 0 Å². The second kappa shape index (κ2) is 15.2. The van der Waals surface area contributed by atoms with Crippen LogP contribution in [0.4, 0.5) is 0 Å². The molecule has 4 atom stereocenters. The van der Waals surface area contributed by atoms with E-state index in [1.807, 2.05) is 6.26 Å². The first-order valence-electron chi connectivity index (χ1n) is 10.3. The van der Waals surface area contributed by atoms with E-state index in [0.29, 0.717) is 11.4 Å². The molecule has 1 heterocycles. The Labute approximate surface area is 206 Å². The van der Waals surface area contributed by atoms with Crippen molar-refractivity contribution in [3.05, 3.63) is 18.2 Å². The molecule has 0 spiro atoms. The van der Waals surface area contributed by atoms with E-state index in [1.165, 1.54) is 24.3 Å². The number of aromatic amines is 1. The highest BCUT2D eigenvalue weighted by molar-refractivity contribution is 7.98. The third kappa shape index (κ3) is 10.4. The largest absolute Gasteiger partial charge is 0.480 e. The van der Waals surface area contributed by atoms with Crippen LogP contribution in [0.1, 0.15) is 25.0 Å². The molecular weight excluding hydrogens is 486 g/mol. The first kappa shape index (κ1) is 29.3. The number of aromatic nitrogens is 2. The molecule has 0 radical (unpaired) electrons.